The minimum Gasteiger partial charge on any atom is -0.349 e. The Morgan fingerprint density at radius 3 is 2.06 bits per heavy atom. The summed E-state index contributed by atoms with van der Waals surface area (Å²) in [5, 5.41) is 0. The van der Waals surface area contributed by atoms with Crippen LogP contribution in [0.4, 0.5) is 0 Å². The smallest absolute Gasteiger partial charge is 0.176 e. The maximum Gasteiger partial charge on any atom is 0.176 e. The lowest BCUT2D eigenvalue weighted by Gasteiger charge is -2.15. The molecule has 0 bridgehead atoms. The summed E-state index contributed by atoms with van der Waals surface area (Å²) in [7, 11) is 2.75. The molecule has 1 atom stereocenters. The summed E-state index contributed by atoms with van der Waals surface area (Å²) in [6, 6.07) is 0. The van der Waals surface area contributed by atoms with Gasteiger partial charge >= 0.3 is 0 Å². The second-order valence-electron chi connectivity index (χ2n) is 4.18. The van der Waals surface area contributed by atoms with Crippen LogP contribution in [0.1, 0.15) is 52.4 Å². The maximum absolute atomic E-state index is 5.70. The van der Waals surface area contributed by atoms with Crippen LogP contribution in [-0.4, -0.2) is 25.7 Å². The van der Waals surface area contributed by atoms with Crippen LogP contribution in [0.3, 0.4) is 0 Å². The predicted octanol–water partition coefficient (Wildman–Crippen LogP) is 4.16. The first-order valence-electron chi connectivity index (χ1n) is 6.95. The first kappa shape index (κ1) is 17.1. The van der Waals surface area contributed by atoms with Gasteiger partial charge < -0.3 is 9.47 Å². The maximum atomic E-state index is 5.70. The molecule has 0 saturated heterocycles. The number of allylic oxidation sites excluding steroid dienone is 1. The van der Waals surface area contributed by atoms with Gasteiger partial charge in [0.1, 0.15) is 0 Å². The third-order valence-corrected chi connectivity index (χ3v) is 2.84. The molecule has 1 unspecified atom stereocenters. The Bertz CT molecular complexity index is 162. The van der Waals surface area contributed by atoms with Crippen molar-refractivity contribution < 1.29 is 9.47 Å². The number of hydrogen-bond acceptors (Lipinski definition) is 2. The highest BCUT2D eigenvalue weighted by Crippen LogP contribution is 2.04. The monoisotopic (exact) mass is 260 g/mol. The highest BCUT2D eigenvalue weighted by atomic mass is 31.0. The molecule has 0 spiro atoms. The van der Waals surface area contributed by atoms with E-state index in [0.29, 0.717) is 0 Å². The molecule has 0 aliphatic heterocycles. The molecule has 2 nitrogen and oxygen atoms in total. The quantitative estimate of drug-likeness (QED) is 0.227. The van der Waals surface area contributed by atoms with Crippen molar-refractivity contribution in [2.75, 3.05) is 19.4 Å². The van der Waals surface area contributed by atoms with E-state index in [1.807, 2.05) is 0 Å². The van der Waals surface area contributed by atoms with Gasteiger partial charge in [0.05, 0.1) is 13.2 Å². The van der Waals surface area contributed by atoms with Crippen molar-refractivity contribution in [3.63, 3.8) is 0 Å². The molecule has 0 aliphatic rings. The van der Waals surface area contributed by atoms with Gasteiger partial charge in [0, 0.05) is 0 Å². The molecular weight excluding hydrogens is 231 g/mol. The van der Waals surface area contributed by atoms with Crippen molar-refractivity contribution in [1.29, 1.82) is 0 Å². The van der Waals surface area contributed by atoms with Gasteiger partial charge in [-0.3, -0.25) is 0 Å². The fourth-order valence-electron chi connectivity index (χ4n) is 1.29. The Balaban J connectivity index is 3.78. The summed E-state index contributed by atoms with van der Waals surface area (Å²) in [5.74, 6) is 0. The van der Waals surface area contributed by atoms with E-state index in [-0.39, 0.29) is 6.29 Å². The largest absolute Gasteiger partial charge is 0.349 e. The highest BCUT2D eigenvalue weighted by Gasteiger charge is 2.03. The van der Waals surface area contributed by atoms with Crippen LogP contribution in [0.25, 0.3) is 0 Å². The van der Waals surface area contributed by atoms with Crippen LogP contribution in [0.2, 0.25) is 0 Å². The van der Waals surface area contributed by atoms with Crippen LogP contribution >= 0.6 is 9.24 Å². The van der Waals surface area contributed by atoms with Gasteiger partial charge in [-0.25, -0.2) is 0 Å². The fourth-order valence-corrected chi connectivity index (χ4v) is 1.53. The Morgan fingerprint density at radius 2 is 1.59 bits per heavy atom. The zero-order valence-corrected chi connectivity index (χ0v) is 12.6. The molecule has 0 rings (SSSR count). The summed E-state index contributed by atoms with van der Waals surface area (Å²) < 4.78 is 11.4. The van der Waals surface area contributed by atoms with Crippen molar-refractivity contribution in [3.8, 4) is 0 Å². The van der Waals surface area contributed by atoms with Crippen LogP contribution in [0.5, 0.6) is 0 Å². The lowest BCUT2D eigenvalue weighted by atomic mass is 10.3. The van der Waals surface area contributed by atoms with Crippen LogP contribution in [0.15, 0.2) is 12.2 Å². The van der Waals surface area contributed by atoms with E-state index in [1.54, 1.807) is 0 Å². The summed E-state index contributed by atoms with van der Waals surface area (Å²) in [5.41, 5.74) is 0. The highest BCUT2D eigenvalue weighted by molar-refractivity contribution is 7.16. The molecule has 0 saturated carbocycles. The van der Waals surface area contributed by atoms with Gasteiger partial charge in [-0.2, -0.15) is 0 Å². The van der Waals surface area contributed by atoms with E-state index in [4.69, 9.17) is 9.47 Å². The lowest BCUT2D eigenvalue weighted by molar-refractivity contribution is -0.112. The van der Waals surface area contributed by atoms with Gasteiger partial charge in [0.2, 0.25) is 0 Å². The van der Waals surface area contributed by atoms with Crippen LogP contribution < -0.4 is 0 Å². The molecule has 0 amide bonds. The summed E-state index contributed by atoms with van der Waals surface area (Å²) in [6.07, 6.45) is 12.1. The van der Waals surface area contributed by atoms with Crippen molar-refractivity contribution in [3.05, 3.63) is 12.2 Å². The minimum atomic E-state index is -0.141. The number of ether oxygens (including phenoxy) is 2. The Labute approximate surface area is 109 Å². The molecule has 0 aromatic carbocycles. The SMILES string of the molecule is CCCCOC(/C=C/CCCP)OCCCC. The van der Waals surface area contributed by atoms with Crippen molar-refractivity contribution in [1.82, 2.24) is 0 Å². The molecule has 0 N–H and O–H groups in total. The van der Waals surface area contributed by atoms with Crippen molar-refractivity contribution >= 4 is 9.24 Å². The van der Waals surface area contributed by atoms with E-state index in [1.165, 1.54) is 19.3 Å². The molecule has 0 aromatic heterocycles. The topological polar surface area (TPSA) is 18.5 Å². The fraction of sp³-hybridized carbons (Fsp3) is 0.857. The first-order valence-corrected chi connectivity index (χ1v) is 7.76. The number of unbranched alkanes of at least 4 members (excludes halogenated alkanes) is 3. The molecule has 0 heterocycles. The second-order valence-corrected chi connectivity index (χ2v) is 4.75. The second kappa shape index (κ2) is 14.2. The molecule has 3 heteroatoms. The Morgan fingerprint density at radius 1 is 1.00 bits per heavy atom. The molecule has 0 aromatic rings. The number of rotatable bonds is 12. The molecule has 0 fully saturated rings. The first-order chi connectivity index (χ1) is 8.35. The molecule has 102 valence electrons. The Kier molecular flexibility index (Phi) is 14.2. The molecule has 17 heavy (non-hydrogen) atoms. The van der Waals surface area contributed by atoms with Crippen molar-refractivity contribution in [2.45, 2.75) is 58.7 Å². The molecule has 0 radical (unpaired) electrons. The molecular formula is C14H29O2P. The zero-order chi connectivity index (χ0) is 12.8. The third-order valence-electron chi connectivity index (χ3n) is 2.43. The van der Waals surface area contributed by atoms with E-state index < -0.39 is 0 Å². The van der Waals surface area contributed by atoms with E-state index >= 15 is 0 Å². The standard InChI is InChI=1S/C14H29O2P/c1-3-5-11-15-14(16-12-6-4-2)10-8-7-9-13-17/h8,10,14H,3-7,9,11-13,17H2,1-2H3/b10-8+. The number of hydrogen-bond donors (Lipinski definition) is 0. The third kappa shape index (κ3) is 12.3. The summed E-state index contributed by atoms with van der Waals surface area (Å²) >= 11 is 0. The van der Waals surface area contributed by atoms with Gasteiger partial charge in [-0.1, -0.05) is 32.8 Å². The van der Waals surface area contributed by atoms with E-state index in [2.05, 4.69) is 35.2 Å². The lowest BCUT2D eigenvalue weighted by Crippen LogP contribution is -2.16. The predicted molar refractivity (Wildman–Crippen MR) is 78.5 cm³/mol. The minimum absolute atomic E-state index is 0.141. The average molecular weight is 260 g/mol. The van der Waals surface area contributed by atoms with Crippen LogP contribution in [0, 0.1) is 0 Å². The summed E-state index contributed by atoms with van der Waals surface area (Å²) in [6.45, 7) is 5.93. The summed E-state index contributed by atoms with van der Waals surface area (Å²) in [4.78, 5) is 0. The van der Waals surface area contributed by atoms with Crippen LogP contribution in [-0.2, 0) is 9.47 Å². The Hall–Kier alpha value is 0.0900. The van der Waals surface area contributed by atoms with Gasteiger partial charge in [-0.15, -0.1) is 9.24 Å². The van der Waals surface area contributed by atoms with E-state index in [9.17, 15) is 0 Å². The molecule has 0 aliphatic carbocycles. The van der Waals surface area contributed by atoms with Gasteiger partial charge in [0.25, 0.3) is 0 Å². The van der Waals surface area contributed by atoms with Gasteiger partial charge in [-0.05, 0) is 37.9 Å². The van der Waals surface area contributed by atoms with E-state index in [0.717, 1.165) is 38.6 Å². The normalized spacial score (nSPS) is 11.8. The average Bonchev–Trinajstić information content (AvgIpc) is 2.34. The van der Waals surface area contributed by atoms with Crippen molar-refractivity contribution in [2.24, 2.45) is 0 Å². The zero-order valence-electron chi connectivity index (χ0n) is 11.5. The van der Waals surface area contributed by atoms with Gasteiger partial charge in [0.15, 0.2) is 6.29 Å².